The van der Waals surface area contributed by atoms with Crippen LogP contribution in [0.4, 0.5) is 0 Å². The van der Waals surface area contributed by atoms with Gasteiger partial charge in [-0.15, -0.1) is 5.10 Å². The van der Waals surface area contributed by atoms with Gasteiger partial charge < -0.3 is 5.11 Å². The van der Waals surface area contributed by atoms with Crippen LogP contribution >= 0.6 is 23.1 Å². The minimum absolute atomic E-state index is 0.180. The van der Waals surface area contributed by atoms with Crippen LogP contribution in [0.1, 0.15) is 0 Å². The molecule has 0 saturated carbocycles. The monoisotopic (exact) mass is 186 g/mol. The van der Waals surface area contributed by atoms with Crippen molar-refractivity contribution in [2.45, 2.75) is 0 Å². The summed E-state index contributed by atoms with van der Waals surface area (Å²) in [6.45, 7) is 0. The van der Waals surface area contributed by atoms with Crippen molar-refractivity contribution >= 4 is 33.4 Å². The Morgan fingerprint density at radius 2 is 2.27 bits per heavy atom. The van der Waals surface area contributed by atoms with E-state index in [1.807, 2.05) is 0 Å². The van der Waals surface area contributed by atoms with Crippen LogP contribution in [-0.4, -0.2) is 14.7 Å². The molecule has 0 fully saturated rings. The first-order valence-electron chi connectivity index (χ1n) is 2.88. The van der Waals surface area contributed by atoms with Gasteiger partial charge in [-0.1, -0.05) is 16.1 Å². The standard InChI is InChI=1S/C6H3ClN2OS/c7-3-1-2-4(10)6-5(3)8-9-11-6/h1-2,10H. The summed E-state index contributed by atoms with van der Waals surface area (Å²) in [6.07, 6.45) is 0. The van der Waals surface area contributed by atoms with Crippen LogP contribution < -0.4 is 0 Å². The van der Waals surface area contributed by atoms with Gasteiger partial charge in [0.15, 0.2) is 0 Å². The molecule has 11 heavy (non-hydrogen) atoms. The van der Waals surface area contributed by atoms with Crippen molar-refractivity contribution in [2.24, 2.45) is 0 Å². The molecule has 2 rings (SSSR count). The Kier molecular flexibility index (Phi) is 1.44. The molecule has 0 aliphatic heterocycles. The second kappa shape index (κ2) is 2.32. The molecular weight excluding hydrogens is 184 g/mol. The largest absolute Gasteiger partial charge is 0.506 e. The lowest BCUT2D eigenvalue weighted by Crippen LogP contribution is -1.71. The number of phenols is 1. The number of hydrogen-bond donors (Lipinski definition) is 1. The van der Waals surface area contributed by atoms with Crippen LogP contribution in [0.25, 0.3) is 10.2 Å². The van der Waals surface area contributed by atoms with Crippen LogP contribution in [0.3, 0.4) is 0 Å². The zero-order chi connectivity index (χ0) is 7.84. The number of rotatable bonds is 0. The van der Waals surface area contributed by atoms with Gasteiger partial charge in [-0.2, -0.15) is 0 Å². The summed E-state index contributed by atoms with van der Waals surface area (Å²) in [5.74, 6) is 0.180. The van der Waals surface area contributed by atoms with E-state index in [0.717, 1.165) is 11.5 Å². The highest BCUT2D eigenvalue weighted by molar-refractivity contribution is 7.13. The fourth-order valence-electron chi connectivity index (χ4n) is 0.822. The molecule has 1 heterocycles. The Labute approximate surface area is 71.4 Å². The topological polar surface area (TPSA) is 46.0 Å². The lowest BCUT2D eigenvalue weighted by atomic mass is 10.3. The molecule has 0 radical (unpaired) electrons. The molecule has 56 valence electrons. The van der Waals surface area contributed by atoms with Gasteiger partial charge in [0.05, 0.1) is 5.02 Å². The third-order valence-corrected chi connectivity index (χ3v) is 2.39. The van der Waals surface area contributed by atoms with E-state index in [1.165, 1.54) is 6.07 Å². The summed E-state index contributed by atoms with van der Waals surface area (Å²) < 4.78 is 4.31. The smallest absolute Gasteiger partial charge is 0.136 e. The molecular formula is C6H3ClN2OS. The number of halogens is 1. The van der Waals surface area contributed by atoms with E-state index >= 15 is 0 Å². The number of nitrogens with zero attached hydrogens (tertiary/aromatic N) is 2. The van der Waals surface area contributed by atoms with Crippen LogP contribution in [0, 0.1) is 0 Å². The molecule has 1 aromatic heterocycles. The first kappa shape index (κ1) is 6.82. The first-order chi connectivity index (χ1) is 5.29. The van der Waals surface area contributed by atoms with Gasteiger partial charge in [-0.25, -0.2) is 0 Å². The maximum absolute atomic E-state index is 9.26. The first-order valence-corrected chi connectivity index (χ1v) is 4.03. The number of hydrogen-bond acceptors (Lipinski definition) is 4. The van der Waals surface area contributed by atoms with Crippen LogP contribution in [0.15, 0.2) is 12.1 Å². The second-order valence-corrected chi connectivity index (χ2v) is 3.18. The van der Waals surface area contributed by atoms with Gasteiger partial charge in [0.25, 0.3) is 0 Å². The van der Waals surface area contributed by atoms with Gasteiger partial charge in [-0.3, -0.25) is 0 Å². The summed E-state index contributed by atoms with van der Waals surface area (Å²) in [4.78, 5) is 0. The number of fused-ring (bicyclic) bond motifs is 1. The summed E-state index contributed by atoms with van der Waals surface area (Å²) in [7, 11) is 0. The van der Waals surface area contributed by atoms with Crippen LogP contribution in [0.5, 0.6) is 5.75 Å². The highest BCUT2D eigenvalue weighted by Crippen LogP contribution is 2.30. The van der Waals surface area contributed by atoms with E-state index in [-0.39, 0.29) is 5.75 Å². The lowest BCUT2D eigenvalue weighted by Gasteiger charge is -1.92. The molecule has 1 N–H and O–H groups in total. The van der Waals surface area contributed by atoms with E-state index in [0.29, 0.717) is 15.2 Å². The predicted octanol–water partition coefficient (Wildman–Crippen LogP) is 2.05. The van der Waals surface area contributed by atoms with Gasteiger partial charge >= 0.3 is 0 Å². The average molecular weight is 187 g/mol. The Morgan fingerprint density at radius 3 is 3.00 bits per heavy atom. The van der Waals surface area contributed by atoms with E-state index < -0.39 is 0 Å². The zero-order valence-corrected chi connectivity index (χ0v) is 6.85. The lowest BCUT2D eigenvalue weighted by molar-refractivity contribution is 0.482. The molecule has 1 aromatic carbocycles. The minimum atomic E-state index is 0.180. The maximum atomic E-state index is 9.26. The quantitative estimate of drug-likeness (QED) is 0.685. The third-order valence-electron chi connectivity index (χ3n) is 1.33. The molecule has 0 amide bonds. The van der Waals surface area contributed by atoms with Gasteiger partial charge in [0, 0.05) is 0 Å². The number of phenolic OH excluding ortho intramolecular Hbond substituents is 1. The summed E-state index contributed by atoms with van der Waals surface area (Å²) >= 11 is 6.90. The van der Waals surface area contributed by atoms with Crippen molar-refractivity contribution in [1.29, 1.82) is 0 Å². The average Bonchev–Trinajstić information content (AvgIpc) is 2.45. The van der Waals surface area contributed by atoms with E-state index in [1.54, 1.807) is 6.07 Å². The molecule has 5 heteroatoms. The molecule has 2 aromatic rings. The number of aromatic hydroxyl groups is 1. The Bertz CT molecular complexity index is 364. The number of benzene rings is 1. The summed E-state index contributed by atoms with van der Waals surface area (Å²) in [5, 5.41) is 13.5. The van der Waals surface area contributed by atoms with Crippen LogP contribution in [0.2, 0.25) is 5.02 Å². The van der Waals surface area contributed by atoms with Crippen molar-refractivity contribution in [2.75, 3.05) is 0 Å². The van der Waals surface area contributed by atoms with Gasteiger partial charge in [-0.05, 0) is 23.7 Å². The highest BCUT2D eigenvalue weighted by atomic mass is 35.5. The molecule has 0 bridgehead atoms. The second-order valence-electron chi connectivity index (χ2n) is 2.02. The number of aromatic nitrogens is 2. The van der Waals surface area contributed by atoms with Crippen molar-refractivity contribution in [1.82, 2.24) is 9.59 Å². The molecule has 3 nitrogen and oxygen atoms in total. The third kappa shape index (κ3) is 0.948. The fourth-order valence-corrected chi connectivity index (χ4v) is 1.68. The fraction of sp³-hybridized carbons (Fsp3) is 0. The Hall–Kier alpha value is -0.870. The molecule has 0 unspecified atom stereocenters. The van der Waals surface area contributed by atoms with Gasteiger partial charge in [0.1, 0.15) is 16.0 Å². The van der Waals surface area contributed by atoms with Crippen molar-refractivity contribution in [3.8, 4) is 5.75 Å². The van der Waals surface area contributed by atoms with Crippen molar-refractivity contribution in [3.05, 3.63) is 17.2 Å². The molecule has 0 spiro atoms. The van der Waals surface area contributed by atoms with Crippen molar-refractivity contribution in [3.63, 3.8) is 0 Å². The summed E-state index contributed by atoms with van der Waals surface area (Å²) in [6, 6.07) is 3.13. The molecule has 0 aliphatic carbocycles. The maximum Gasteiger partial charge on any atom is 0.136 e. The predicted molar refractivity (Wildman–Crippen MR) is 44.1 cm³/mol. The molecule has 0 aliphatic rings. The normalized spacial score (nSPS) is 10.6. The SMILES string of the molecule is Oc1ccc(Cl)c2nnsc12. The Morgan fingerprint density at radius 1 is 1.45 bits per heavy atom. The highest BCUT2D eigenvalue weighted by Gasteiger charge is 2.06. The molecule has 0 saturated heterocycles. The van der Waals surface area contributed by atoms with E-state index in [2.05, 4.69) is 9.59 Å². The van der Waals surface area contributed by atoms with E-state index in [4.69, 9.17) is 11.6 Å². The molecule has 0 atom stereocenters. The minimum Gasteiger partial charge on any atom is -0.506 e. The van der Waals surface area contributed by atoms with Crippen molar-refractivity contribution < 1.29 is 5.11 Å². The Balaban J connectivity index is 2.96. The summed E-state index contributed by atoms with van der Waals surface area (Å²) in [5.41, 5.74) is 0.566. The van der Waals surface area contributed by atoms with E-state index in [9.17, 15) is 5.11 Å². The zero-order valence-electron chi connectivity index (χ0n) is 5.28. The van der Waals surface area contributed by atoms with Gasteiger partial charge in [0.2, 0.25) is 0 Å². The van der Waals surface area contributed by atoms with Crippen LogP contribution in [-0.2, 0) is 0 Å².